The number of unbranched alkanes of at least 4 members (excludes halogenated alkanes) is 12. The van der Waals surface area contributed by atoms with Gasteiger partial charge in [-0.2, -0.15) is 0 Å². The van der Waals surface area contributed by atoms with Crippen molar-refractivity contribution in [1.29, 1.82) is 0 Å². The number of hydrogen-bond donors (Lipinski definition) is 0. The topological polar surface area (TPSA) is 0 Å². The van der Waals surface area contributed by atoms with Gasteiger partial charge in [-0.15, -0.1) is 0 Å². The minimum atomic E-state index is 0.576. The highest BCUT2D eigenvalue weighted by Gasteiger charge is 2.14. The molecular weight excluding hydrogens is 300 g/mol. The zero-order chi connectivity index (χ0) is 19.0. The lowest BCUT2D eigenvalue weighted by atomic mass is 9.84. The van der Waals surface area contributed by atoms with Crippen molar-refractivity contribution < 1.29 is 0 Å². The van der Waals surface area contributed by atoms with E-state index in [1.54, 1.807) is 0 Å². The predicted octanol–water partition coefficient (Wildman–Crippen LogP) is 9.71. The summed E-state index contributed by atoms with van der Waals surface area (Å²) in [7, 11) is 0. The summed E-state index contributed by atoms with van der Waals surface area (Å²) in [4.78, 5) is 0. The van der Waals surface area contributed by atoms with Gasteiger partial charge in [-0.3, -0.25) is 0 Å². The lowest BCUT2D eigenvalue weighted by Gasteiger charge is -2.22. The molecule has 0 aliphatic carbocycles. The molecule has 0 aromatic rings. The van der Waals surface area contributed by atoms with Gasteiger partial charge in [0, 0.05) is 0 Å². The Morgan fingerprint density at radius 1 is 0.360 bits per heavy atom. The molecular formula is C25H52. The molecule has 0 aliphatic rings. The van der Waals surface area contributed by atoms with Gasteiger partial charge in [0.1, 0.15) is 0 Å². The predicted molar refractivity (Wildman–Crippen MR) is 117 cm³/mol. The van der Waals surface area contributed by atoms with Gasteiger partial charge in [-0.1, -0.05) is 138 Å². The van der Waals surface area contributed by atoms with E-state index in [-0.39, 0.29) is 0 Å². The van der Waals surface area contributed by atoms with Gasteiger partial charge < -0.3 is 0 Å². The summed E-state index contributed by atoms with van der Waals surface area (Å²) in [5.74, 6) is 0. The summed E-state index contributed by atoms with van der Waals surface area (Å²) in [6.45, 7) is 14.3. The number of rotatable bonds is 18. The third kappa shape index (κ3) is 17.2. The average molecular weight is 353 g/mol. The van der Waals surface area contributed by atoms with Crippen molar-refractivity contribution in [3.8, 4) is 0 Å². The van der Waals surface area contributed by atoms with E-state index in [1.807, 2.05) is 0 Å². The zero-order valence-electron chi connectivity index (χ0n) is 19.0. The van der Waals surface area contributed by atoms with Gasteiger partial charge in [-0.05, 0) is 23.7 Å². The highest BCUT2D eigenvalue weighted by molar-refractivity contribution is 4.66. The van der Waals surface area contributed by atoms with Crippen molar-refractivity contribution in [2.75, 3.05) is 0 Å². The Bertz CT molecular complexity index is 246. The van der Waals surface area contributed by atoms with Crippen molar-refractivity contribution >= 4 is 0 Å². The molecule has 25 heavy (non-hydrogen) atoms. The van der Waals surface area contributed by atoms with E-state index in [0.29, 0.717) is 10.8 Å². The SMILES string of the molecule is CCC(C)(C)CCCCCCCCCCCCCCCC(C)(C)CC. The zero-order valence-corrected chi connectivity index (χ0v) is 19.0. The molecule has 0 radical (unpaired) electrons. The third-order valence-corrected chi connectivity index (χ3v) is 6.62. The first-order chi connectivity index (χ1) is 11.8. The molecule has 0 N–H and O–H groups in total. The Balaban J connectivity index is 3.17. The van der Waals surface area contributed by atoms with E-state index in [9.17, 15) is 0 Å². The van der Waals surface area contributed by atoms with E-state index in [0.717, 1.165) is 0 Å². The van der Waals surface area contributed by atoms with Gasteiger partial charge >= 0.3 is 0 Å². The van der Waals surface area contributed by atoms with Crippen molar-refractivity contribution in [3.05, 3.63) is 0 Å². The molecule has 0 spiro atoms. The highest BCUT2D eigenvalue weighted by atomic mass is 14.2. The van der Waals surface area contributed by atoms with Crippen LogP contribution in [-0.2, 0) is 0 Å². The fourth-order valence-corrected chi connectivity index (χ4v) is 3.51. The summed E-state index contributed by atoms with van der Waals surface area (Å²) >= 11 is 0. The van der Waals surface area contributed by atoms with Gasteiger partial charge in [0.05, 0.1) is 0 Å². The Morgan fingerprint density at radius 3 is 0.760 bits per heavy atom. The lowest BCUT2D eigenvalue weighted by Crippen LogP contribution is -2.08. The van der Waals surface area contributed by atoms with Crippen molar-refractivity contribution in [2.45, 2.75) is 151 Å². The quantitative estimate of drug-likeness (QED) is 0.215. The summed E-state index contributed by atoms with van der Waals surface area (Å²) in [6, 6.07) is 0. The minimum absolute atomic E-state index is 0.576. The maximum absolute atomic E-state index is 2.42. The van der Waals surface area contributed by atoms with Gasteiger partial charge in [0.2, 0.25) is 0 Å². The van der Waals surface area contributed by atoms with Crippen LogP contribution >= 0.6 is 0 Å². The maximum atomic E-state index is 2.42. The van der Waals surface area contributed by atoms with E-state index in [4.69, 9.17) is 0 Å². The molecule has 0 saturated carbocycles. The van der Waals surface area contributed by atoms with Crippen LogP contribution < -0.4 is 0 Å². The van der Waals surface area contributed by atoms with E-state index in [2.05, 4.69) is 41.5 Å². The largest absolute Gasteiger partial charge is 0.0649 e. The van der Waals surface area contributed by atoms with Crippen LogP contribution in [0, 0.1) is 10.8 Å². The standard InChI is InChI=1S/C25H52/c1-7-24(3,4)22-20-18-16-14-12-10-9-11-13-15-17-19-21-23-25(5,6)8-2/h7-23H2,1-6H3. The first-order valence-electron chi connectivity index (χ1n) is 11.8. The fraction of sp³-hybridized carbons (Fsp3) is 1.00. The number of hydrogen-bond acceptors (Lipinski definition) is 0. The van der Waals surface area contributed by atoms with Crippen LogP contribution in [0.4, 0.5) is 0 Å². The monoisotopic (exact) mass is 352 g/mol. The van der Waals surface area contributed by atoms with E-state index < -0.39 is 0 Å². The Morgan fingerprint density at radius 2 is 0.560 bits per heavy atom. The second-order valence-corrected chi connectivity index (χ2v) is 10.1. The van der Waals surface area contributed by atoms with E-state index >= 15 is 0 Å². The molecule has 0 heteroatoms. The van der Waals surface area contributed by atoms with E-state index in [1.165, 1.54) is 109 Å². The summed E-state index contributed by atoms with van der Waals surface area (Å²) < 4.78 is 0. The van der Waals surface area contributed by atoms with Gasteiger partial charge in [0.25, 0.3) is 0 Å². The van der Waals surface area contributed by atoms with Crippen LogP contribution in [0.5, 0.6) is 0 Å². The molecule has 0 aromatic carbocycles. The molecule has 0 unspecified atom stereocenters. The molecule has 0 saturated heterocycles. The van der Waals surface area contributed by atoms with Crippen LogP contribution in [-0.4, -0.2) is 0 Å². The summed E-state index contributed by atoms with van der Waals surface area (Å²) in [5.41, 5.74) is 1.15. The smallest absolute Gasteiger partial charge is 0.0357 e. The van der Waals surface area contributed by atoms with Gasteiger partial charge in [-0.25, -0.2) is 0 Å². The molecule has 0 aromatic heterocycles. The van der Waals surface area contributed by atoms with Crippen LogP contribution in [0.1, 0.15) is 151 Å². The molecule has 0 heterocycles. The summed E-state index contributed by atoms with van der Waals surface area (Å²) in [5, 5.41) is 0. The molecule has 0 fully saturated rings. The minimum Gasteiger partial charge on any atom is -0.0649 e. The Kier molecular flexibility index (Phi) is 15.1. The molecule has 0 nitrogen and oxygen atoms in total. The van der Waals surface area contributed by atoms with Crippen molar-refractivity contribution in [1.82, 2.24) is 0 Å². The van der Waals surface area contributed by atoms with Gasteiger partial charge in [0.15, 0.2) is 0 Å². The second kappa shape index (κ2) is 15.1. The normalized spacial score (nSPS) is 12.7. The summed E-state index contributed by atoms with van der Waals surface area (Å²) in [6.07, 6.45) is 24.5. The molecule has 0 bridgehead atoms. The highest BCUT2D eigenvalue weighted by Crippen LogP contribution is 2.28. The Labute approximate surface area is 161 Å². The molecule has 0 aliphatic heterocycles. The van der Waals surface area contributed by atoms with Crippen LogP contribution in [0.2, 0.25) is 0 Å². The van der Waals surface area contributed by atoms with Crippen molar-refractivity contribution in [3.63, 3.8) is 0 Å². The second-order valence-electron chi connectivity index (χ2n) is 10.1. The molecule has 0 amide bonds. The van der Waals surface area contributed by atoms with Crippen molar-refractivity contribution in [2.24, 2.45) is 10.8 Å². The van der Waals surface area contributed by atoms with Crippen LogP contribution in [0.15, 0.2) is 0 Å². The Hall–Kier alpha value is 0. The first-order valence-corrected chi connectivity index (χ1v) is 11.8. The molecule has 152 valence electrons. The maximum Gasteiger partial charge on any atom is -0.0357 e. The van der Waals surface area contributed by atoms with Crippen LogP contribution in [0.3, 0.4) is 0 Å². The fourth-order valence-electron chi connectivity index (χ4n) is 3.51. The molecule has 0 rings (SSSR count). The molecule has 0 atom stereocenters. The third-order valence-electron chi connectivity index (χ3n) is 6.62. The average Bonchev–Trinajstić information content (AvgIpc) is 2.58. The first kappa shape index (κ1) is 25.0. The van der Waals surface area contributed by atoms with Crippen LogP contribution in [0.25, 0.3) is 0 Å². The lowest BCUT2D eigenvalue weighted by molar-refractivity contribution is 0.307.